The average Bonchev–Trinajstić information content (AvgIpc) is 2.00. The molecule has 0 aromatic heterocycles. The van der Waals surface area contributed by atoms with Crippen molar-refractivity contribution in [2.24, 2.45) is 5.73 Å². The Labute approximate surface area is 67.7 Å². The van der Waals surface area contributed by atoms with Crippen LogP contribution < -0.4 is 11.1 Å². The number of hydrogen-bond donors (Lipinski definition) is 2. The van der Waals surface area contributed by atoms with Gasteiger partial charge in [0, 0.05) is 26.7 Å². The Bertz CT molecular complexity index is 116. The molecule has 0 rings (SSSR count). The van der Waals surface area contributed by atoms with Crippen LogP contribution in [0.2, 0.25) is 0 Å². The van der Waals surface area contributed by atoms with Crippen LogP contribution in [0.25, 0.3) is 0 Å². The van der Waals surface area contributed by atoms with Crippen LogP contribution in [0.5, 0.6) is 0 Å². The van der Waals surface area contributed by atoms with Crippen LogP contribution in [0.4, 0.5) is 4.79 Å². The molecular formula is C7H17N3O. The van der Waals surface area contributed by atoms with Crippen molar-refractivity contribution in [1.29, 1.82) is 0 Å². The normalized spacial score (nSPS) is 9.36. The maximum Gasteiger partial charge on any atom is 0.317 e. The van der Waals surface area contributed by atoms with Crippen LogP contribution in [0.3, 0.4) is 0 Å². The summed E-state index contributed by atoms with van der Waals surface area (Å²) in [5.74, 6) is 0. The fourth-order valence-electron chi connectivity index (χ4n) is 0.662. The van der Waals surface area contributed by atoms with Gasteiger partial charge in [0.1, 0.15) is 0 Å². The molecule has 0 saturated carbocycles. The average molecular weight is 159 g/mol. The lowest BCUT2D eigenvalue weighted by molar-refractivity contribution is 0.210. The summed E-state index contributed by atoms with van der Waals surface area (Å²) >= 11 is 0. The molecule has 4 heteroatoms. The number of hydrogen-bond acceptors (Lipinski definition) is 2. The topological polar surface area (TPSA) is 58.4 Å². The number of nitrogens with two attached hydrogens (primary N) is 1. The van der Waals surface area contributed by atoms with E-state index in [1.54, 1.807) is 11.9 Å². The minimum absolute atomic E-state index is 0.0442. The van der Waals surface area contributed by atoms with E-state index >= 15 is 0 Å². The van der Waals surface area contributed by atoms with Gasteiger partial charge in [-0.3, -0.25) is 0 Å². The standard InChI is InChI=1S/C7H17N3O/c1-3-5-9-7(11)10(2)6-4-8/h3-6,8H2,1-2H3,(H,9,11). The van der Waals surface area contributed by atoms with Crippen molar-refractivity contribution in [2.75, 3.05) is 26.7 Å². The minimum Gasteiger partial charge on any atom is -0.338 e. The van der Waals surface area contributed by atoms with E-state index in [-0.39, 0.29) is 6.03 Å². The second-order valence-corrected chi connectivity index (χ2v) is 2.44. The summed E-state index contributed by atoms with van der Waals surface area (Å²) in [6, 6.07) is -0.0442. The highest BCUT2D eigenvalue weighted by molar-refractivity contribution is 5.73. The largest absolute Gasteiger partial charge is 0.338 e. The third-order valence-electron chi connectivity index (χ3n) is 1.34. The number of urea groups is 1. The van der Waals surface area contributed by atoms with Crippen molar-refractivity contribution < 1.29 is 4.79 Å². The number of nitrogens with one attached hydrogen (secondary N) is 1. The van der Waals surface area contributed by atoms with Gasteiger partial charge in [0.05, 0.1) is 0 Å². The second kappa shape index (κ2) is 5.97. The third kappa shape index (κ3) is 4.61. The summed E-state index contributed by atoms with van der Waals surface area (Å²) in [5.41, 5.74) is 5.27. The second-order valence-electron chi connectivity index (χ2n) is 2.44. The van der Waals surface area contributed by atoms with Gasteiger partial charge in [0.15, 0.2) is 0 Å². The van der Waals surface area contributed by atoms with Gasteiger partial charge in [-0.2, -0.15) is 0 Å². The Morgan fingerprint density at radius 3 is 2.73 bits per heavy atom. The molecule has 2 amide bonds. The van der Waals surface area contributed by atoms with Crippen molar-refractivity contribution in [1.82, 2.24) is 10.2 Å². The maximum atomic E-state index is 11.1. The molecule has 0 aliphatic rings. The summed E-state index contributed by atoms with van der Waals surface area (Å²) in [4.78, 5) is 12.6. The molecule has 0 bridgehead atoms. The van der Waals surface area contributed by atoms with E-state index in [0.29, 0.717) is 13.1 Å². The molecule has 0 atom stereocenters. The van der Waals surface area contributed by atoms with Crippen molar-refractivity contribution in [3.63, 3.8) is 0 Å². The van der Waals surface area contributed by atoms with Crippen LogP contribution in [-0.2, 0) is 0 Å². The molecule has 0 spiro atoms. The Hall–Kier alpha value is -0.770. The molecule has 0 fully saturated rings. The zero-order chi connectivity index (χ0) is 8.69. The van der Waals surface area contributed by atoms with Crippen LogP contribution in [0, 0.1) is 0 Å². The number of amides is 2. The highest BCUT2D eigenvalue weighted by Gasteiger charge is 2.03. The van der Waals surface area contributed by atoms with Gasteiger partial charge in [0.2, 0.25) is 0 Å². The fraction of sp³-hybridized carbons (Fsp3) is 0.857. The first kappa shape index (κ1) is 10.2. The van der Waals surface area contributed by atoms with Gasteiger partial charge in [-0.15, -0.1) is 0 Å². The first-order chi connectivity index (χ1) is 5.22. The SMILES string of the molecule is CCCNC(=O)N(C)CCN. The van der Waals surface area contributed by atoms with Gasteiger partial charge in [-0.05, 0) is 6.42 Å². The first-order valence-corrected chi connectivity index (χ1v) is 3.91. The maximum absolute atomic E-state index is 11.1. The summed E-state index contributed by atoms with van der Waals surface area (Å²) in [6.45, 7) is 3.86. The van der Waals surface area contributed by atoms with Gasteiger partial charge in [-0.1, -0.05) is 6.92 Å². The molecule has 11 heavy (non-hydrogen) atoms. The first-order valence-electron chi connectivity index (χ1n) is 3.91. The number of carbonyl (C=O) groups is 1. The number of nitrogens with zero attached hydrogens (tertiary/aromatic N) is 1. The molecule has 3 N–H and O–H groups in total. The Kier molecular flexibility index (Phi) is 5.56. The number of likely N-dealkylation sites (N-methyl/N-ethyl adjacent to an activating group) is 1. The van der Waals surface area contributed by atoms with Crippen molar-refractivity contribution in [3.05, 3.63) is 0 Å². The predicted octanol–water partition coefficient (Wildman–Crippen LogP) is -0.00350. The predicted molar refractivity (Wildman–Crippen MR) is 45.4 cm³/mol. The lowest BCUT2D eigenvalue weighted by Crippen LogP contribution is -2.40. The van der Waals surface area contributed by atoms with Gasteiger partial charge in [0.25, 0.3) is 0 Å². The summed E-state index contributed by atoms with van der Waals surface area (Å²) in [5, 5.41) is 2.75. The lowest BCUT2D eigenvalue weighted by atomic mass is 10.5. The summed E-state index contributed by atoms with van der Waals surface area (Å²) < 4.78 is 0. The third-order valence-corrected chi connectivity index (χ3v) is 1.34. The van der Waals surface area contributed by atoms with Gasteiger partial charge in [-0.25, -0.2) is 4.79 Å². The monoisotopic (exact) mass is 159 g/mol. The van der Waals surface area contributed by atoms with E-state index in [0.717, 1.165) is 13.0 Å². The zero-order valence-electron chi connectivity index (χ0n) is 7.26. The zero-order valence-corrected chi connectivity index (χ0v) is 7.26. The quantitative estimate of drug-likeness (QED) is 0.606. The van der Waals surface area contributed by atoms with E-state index in [1.165, 1.54) is 0 Å². The Morgan fingerprint density at radius 1 is 1.64 bits per heavy atom. The molecule has 4 nitrogen and oxygen atoms in total. The molecule has 0 aromatic rings. The van der Waals surface area contributed by atoms with Crippen LogP contribution in [-0.4, -0.2) is 37.6 Å². The fourth-order valence-corrected chi connectivity index (χ4v) is 0.662. The van der Waals surface area contributed by atoms with Crippen molar-refractivity contribution >= 4 is 6.03 Å². The molecule has 0 heterocycles. The minimum atomic E-state index is -0.0442. The number of rotatable bonds is 4. The molecule has 0 aliphatic heterocycles. The van der Waals surface area contributed by atoms with Gasteiger partial charge >= 0.3 is 6.03 Å². The molecule has 66 valence electrons. The van der Waals surface area contributed by atoms with E-state index in [2.05, 4.69) is 5.32 Å². The Morgan fingerprint density at radius 2 is 2.27 bits per heavy atom. The van der Waals surface area contributed by atoms with Crippen molar-refractivity contribution in [2.45, 2.75) is 13.3 Å². The molecule has 0 aliphatic carbocycles. The molecule has 0 unspecified atom stereocenters. The van der Waals surface area contributed by atoms with E-state index in [1.807, 2.05) is 6.92 Å². The Balaban J connectivity index is 3.47. The molecule has 0 radical (unpaired) electrons. The molecule has 0 saturated heterocycles. The number of carbonyl (C=O) groups excluding carboxylic acids is 1. The van der Waals surface area contributed by atoms with Crippen LogP contribution >= 0.6 is 0 Å². The van der Waals surface area contributed by atoms with E-state index in [4.69, 9.17) is 5.73 Å². The molecular weight excluding hydrogens is 142 g/mol. The van der Waals surface area contributed by atoms with Crippen LogP contribution in [0.15, 0.2) is 0 Å². The highest BCUT2D eigenvalue weighted by Crippen LogP contribution is 1.82. The summed E-state index contributed by atoms with van der Waals surface area (Å²) in [7, 11) is 1.73. The van der Waals surface area contributed by atoms with Crippen LogP contribution in [0.1, 0.15) is 13.3 Å². The van der Waals surface area contributed by atoms with Gasteiger partial charge < -0.3 is 16.0 Å². The lowest BCUT2D eigenvalue weighted by Gasteiger charge is -2.16. The van der Waals surface area contributed by atoms with Crippen molar-refractivity contribution in [3.8, 4) is 0 Å². The highest BCUT2D eigenvalue weighted by atomic mass is 16.2. The van der Waals surface area contributed by atoms with E-state index in [9.17, 15) is 4.79 Å². The summed E-state index contributed by atoms with van der Waals surface area (Å²) in [6.07, 6.45) is 0.961. The smallest absolute Gasteiger partial charge is 0.317 e. The van der Waals surface area contributed by atoms with E-state index < -0.39 is 0 Å². The molecule has 0 aromatic carbocycles.